The zero-order chi connectivity index (χ0) is 33.6. The van der Waals surface area contributed by atoms with E-state index in [9.17, 15) is 0 Å². The van der Waals surface area contributed by atoms with Crippen LogP contribution in [-0.4, -0.2) is 19.4 Å². The summed E-state index contributed by atoms with van der Waals surface area (Å²) in [5, 5.41) is 2.15. The van der Waals surface area contributed by atoms with Gasteiger partial charge < -0.3 is 9.15 Å². The number of rotatable bonds is 7. The highest BCUT2D eigenvalue weighted by Crippen LogP contribution is 2.49. The number of ether oxygens (including phenoxy) is 1. The van der Waals surface area contributed by atoms with Crippen molar-refractivity contribution in [3.05, 3.63) is 149 Å². The first-order valence-electron chi connectivity index (χ1n) is 16.6. The molecule has 0 amide bonds. The second-order valence-electron chi connectivity index (χ2n) is 13.3. The smallest absolute Gasteiger partial charge is 0.135 e. The minimum absolute atomic E-state index is 0.000902. The van der Waals surface area contributed by atoms with E-state index in [1.54, 1.807) is 13.2 Å². The zero-order valence-electron chi connectivity index (χ0n) is 28.6. The lowest BCUT2D eigenvalue weighted by atomic mass is 9.82. The summed E-state index contributed by atoms with van der Waals surface area (Å²) in [5.74, 6) is 0.869. The average Bonchev–Trinajstić information content (AvgIpc) is 3.58. The van der Waals surface area contributed by atoms with Crippen LogP contribution in [0, 0.1) is 6.92 Å². The molecule has 0 spiro atoms. The minimum atomic E-state index is -0.000902. The topological polar surface area (TPSA) is 34.7 Å². The first kappa shape index (κ1) is 31.2. The SMILES string of the molecule is C=C/C=c1/oc2ccc(-c3cccc(-c4ccc5c(c4)-c4ccccc4C5(C)C)c3)cc2/c1=C(/C)CN=C(C)c1cccc(OC)c1C. The van der Waals surface area contributed by atoms with Gasteiger partial charge in [-0.05, 0) is 107 Å². The van der Waals surface area contributed by atoms with Gasteiger partial charge in [0.1, 0.15) is 16.7 Å². The Labute approximate surface area is 283 Å². The highest BCUT2D eigenvalue weighted by atomic mass is 16.5. The predicted octanol–water partition coefficient (Wildman–Crippen LogP) is 10.0. The number of furan rings is 1. The Kier molecular flexibility index (Phi) is 8.01. The van der Waals surface area contributed by atoms with Crippen LogP contribution in [-0.2, 0) is 5.41 Å². The molecule has 0 atom stereocenters. The maximum atomic E-state index is 6.36. The molecule has 0 fully saturated rings. The molecule has 0 bridgehead atoms. The molecule has 238 valence electrons. The molecule has 3 heteroatoms. The molecular weight excluding hydrogens is 587 g/mol. The second-order valence-corrected chi connectivity index (χ2v) is 13.3. The standard InChI is InChI=1S/C45H41NO2/c1-8-13-43-44(28(2)27-46-30(4)35-17-12-19-41(47-7)29(35)3)38-26-34(21-23-42(38)48-43)32-15-11-14-31(24-32)33-20-22-40-37(25-33)36-16-9-10-18-39(36)45(40,5)6/h8-26H,1,27H2,2-7H3/b43-13+,44-28+,46-30?. The molecule has 0 saturated heterocycles. The van der Waals surface area contributed by atoms with Gasteiger partial charge in [-0.25, -0.2) is 0 Å². The Bertz CT molecular complexity index is 2380. The molecule has 1 aromatic heterocycles. The van der Waals surface area contributed by atoms with Gasteiger partial charge in [0, 0.05) is 32.9 Å². The van der Waals surface area contributed by atoms with E-state index in [4.69, 9.17) is 14.1 Å². The van der Waals surface area contributed by atoms with Crippen molar-refractivity contribution in [2.45, 2.75) is 40.0 Å². The van der Waals surface area contributed by atoms with Gasteiger partial charge in [0.15, 0.2) is 0 Å². The van der Waals surface area contributed by atoms with Crippen LogP contribution < -0.4 is 15.4 Å². The van der Waals surface area contributed by atoms with Crippen molar-refractivity contribution in [3.63, 3.8) is 0 Å². The van der Waals surface area contributed by atoms with Crippen LogP contribution in [0.5, 0.6) is 5.75 Å². The molecule has 0 radical (unpaired) electrons. The molecule has 0 unspecified atom stereocenters. The lowest BCUT2D eigenvalue weighted by Crippen LogP contribution is -2.23. The third kappa shape index (κ3) is 5.30. The van der Waals surface area contributed by atoms with Crippen molar-refractivity contribution < 1.29 is 9.15 Å². The number of methoxy groups -OCH3 is 1. The maximum Gasteiger partial charge on any atom is 0.135 e. The van der Waals surface area contributed by atoms with Crippen molar-refractivity contribution in [2.75, 3.05) is 13.7 Å². The summed E-state index contributed by atoms with van der Waals surface area (Å²) in [6.45, 7) is 15.4. The summed E-state index contributed by atoms with van der Waals surface area (Å²) in [6.07, 6.45) is 3.72. The monoisotopic (exact) mass is 627 g/mol. The lowest BCUT2D eigenvalue weighted by Gasteiger charge is -2.21. The summed E-state index contributed by atoms with van der Waals surface area (Å²) in [6, 6.07) is 37.2. The van der Waals surface area contributed by atoms with E-state index in [1.807, 2.05) is 18.2 Å². The number of allylic oxidation sites excluding steroid dienone is 1. The van der Waals surface area contributed by atoms with Gasteiger partial charge in [-0.3, -0.25) is 4.99 Å². The largest absolute Gasteiger partial charge is 0.496 e. The third-order valence-corrected chi connectivity index (χ3v) is 9.97. The van der Waals surface area contributed by atoms with Crippen LogP contribution in [0.2, 0.25) is 0 Å². The second kappa shape index (κ2) is 12.3. The molecular formula is C45H41NO2. The first-order valence-corrected chi connectivity index (χ1v) is 16.6. The number of hydrogen-bond acceptors (Lipinski definition) is 3. The fraction of sp³-hybridized carbons (Fsp3) is 0.178. The van der Waals surface area contributed by atoms with Crippen LogP contribution in [0.4, 0.5) is 0 Å². The zero-order valence-corrected chi connectivity index (χ0v) is 28.6. The van der Waals surface area contributed by atoms with Crippen molar-refractivity contribution >= 4 is 28.3 Å². The molecule has 1 heterocycles. The Morgan fingerprint density at radius 3 is 2.25 bits per heavy atom. The number of aliphatic imine (C=N–C) groups is 1. The van der Waals surface area contributed by atoms with Crippen LogP contribution >= 0.6 is 0 Å². The van der Waals surface area contributed by atoms with Crippen LogP contribution in [0.1, 0.15) is 49.9 Å². The maximum absolute atomic E-state index is 6.36. The minimum Gasteiger partial charge on any atom is -0.496 e. The van der Waals surface area contributed by atoms with Crippen molar-refractivity contribution in [3.8, 4) is 39.1 Å². The van der Waals surface area contributed by atoms with Crippen LogP contribution in [0.15, 0.2) is 125 Å². The van der Waals surface area contributed by atoms with Gasteiger partial charge in [0.2, 0.25) is 0 Å². The summed E-state index contributed by atoms with van der Waals surface area (Å²) >= 11 is 0. The van der Waals surface area contributed by atoms with Crippen LogP contribution in [0.3, 0.4) is 0 Å². The van der Waals surface area contributed by atoms with Gasteiger partial charge in [-0.15, -0.1) is 0 Å². The molecule has 5 aromatic carbocycles. The molecule has 48 heavy (non-hydrogen) atoms. The van der Waals surface area contributed by atoms with E-state index in [-0.39, 0.29) is 5.41 Å². The number of benzene rings is 5. The molecule has 0 saturated carbocycles. The third-order valence-electron chi connectivity index (χ3n) is 9.97. The van der Waals surface area contributed by atoms with Gasteiger partial charge in [-0.2, -0.15) is 0 Å². The van der Waals surface area contributed by atoms with E-state index in [0.717, 1.165) is 60.9 Å². The molecule has 3 nitrogen and oxygen atoms in total. The summed E-state index contributed by atoms with van der Waals surface area (Å²) in [7, 11) is 1.70. The normalized spacial score (nSPS) is 14.5. The number of hydrogen-bond donors (Lipinski definition) is 0. The highest BCUT2D eigenvalue weighted by molar-refractivity contribution is 6.01. The van der Waals surface area contributed by atoms with Gasteiger partial charge >= 0.3 is 0 Å². The summed E-state index contributed by atoms with van der Waals surface area (Å²) in [5.41, 5.74) is 16.1. The quantitative estimate of drug-likeness (QED) is 0.165. The summed E-state index contributed by atoms with van der Waals surface area (Å²) < 4.78 is 11.9. The highest BCUT2D eigenvalue weighted by Gasteiger charge is 2.35. The lowest BCUT2D eigenvalue weighted by molar-refractivity contribution is 0.411. The van der Waals surface area contributed by atoms with E-state index in [0.29, 0.717) is 6.54 Å². The summed E-state index contributed by atoms with van der Waals surface area (Å²) in [4.78, 5) is 5.01. The molecule has 1 aliphatic rings. The van der Waals surface area contributed by atoms with Gasteiger partial charge in [0.25, 0.3) is 0 Å². The van der Waals surface area contributed by atoms with E-state index in [2.05, 4.69) is 132 Å². The number of fused-ring (bicyclic) bond motifs is 4. The fourth-order valence-corrected chi connectivity index (χ4v) is 7.37. The van der Waals surface area contributed by atoms with Crippen molar-refractivity contribution in [2.24, 2.45) is 4.99 Å². The Morgan fingerprint density at radius 1 is 0.792 bits per heavy atom. The van der Waals surface area contributed by atoms with Crippen molar-refractivity contribution in [1.29, 1.82) is 0 Å². The predicted molar refractivity (Wildman–Crippen MR) is 202 cm³/mol. The van der Waals surface area contributed by atoms with E-state index >= 15 is 0 Å². The van der Waals surface area contributed by atoms with Gasteiger partial charge in [0.05, 0.1) is 13.7 Å². The Hall–Kier alpha value is -5.41. The Morgan fingerprint density at radius 2 is 1.48 bits per heavy atom. The average molecular weight is 628 g/mol. The van der Waals surface area contributed by atoms with E-state index < -0.39 is 0 Å². The molecule has 1 aliphatic carbocycles. The van der Waals surface area contributed by atoms with Gasteiger partial charge in [-0.1, -0.05) is 99.3 Å². The fourth-order valence-electron chi connectivity index (χ4n) is 7.37. The molecule has 0 N–H and O–H groups in total. The molecule has 6 aromatic rings. The van der Waals surface area contributed by atoms with E-state index in [1.165, 1.54) is 33.4 Å². The molecule has 7 rings (SSSR count). The van der Waals surface area contributed by atoms with Crippen molar-refractivity contribution in [1.82, 2.24) is 0 Å². The Balaban J connectivity index is 1.28. The number of nitrogens with zero attached hydrogens (tertiary/aromatic N) is 1. The molecule has 0 aliphatic heterocycles. The first-order chi connectivity index (χ1) is 23.2. The van der Waals surface area contributed by atoms with Crippen LogP contribution in [0.25, 0.3) is 56.0 Å².